The number of hydrogen-bond acceptors (Lipinski definition) is 6. The van der Waals surface area contributed by atoms with E-state index in [4.69, 9.17) is 14.2 Å². The van der Waals surface area contributed by atoms with Crippen LogP contribution < -0.4 is 5.32 Å². The number of esters is 1. The average Bonchev–Trinajstić information content (AvgIpc) is 2.71. The van der Waals surface area contributed by atoms with Gasteiger partial charge < -0.3 is 24.6 Å². The lowest BCUT2D eigenvalue weighted by Gasteiger charge is -2.21. The smallest absolute Gasteiger partial charge is 0.311 e. The minimum Gasteiger partial charge on any atom is -0.469 e. The molecule has 6 nitrogen and oxygen atoms in total. The molecule has 2 unspecified atom stereocenters. The molecule has 8 heteroatoms. The lowest BCUT2D eigenvalue weighted by Crippen LogP contribution is -2.30. The Kier molecular flexibility index (Phi) is 8.50. The van der Waals surface area contributed by atoms with E-state index in [0.717, 1.165) is 17.2 Å². The summed E-state index contributed by atoms with van der Waals surface area (Å²) in [5.74, 6) is -2.37. The highest BCUT2D eigenvalue weighted by atomic mass is 19.1. The van der Waals surface area contributed by atoms with E-state index in [-0.39, 0.29) is 24.4 Å². The maximum atomic E-state index is 13.6. The Bertz CT molecular complexity index is 817. The molecule has 29 heavy (non-hydrogen) atoms. The van der Waals surface area contributed by atoms with E-state index in [1.807, 2.05) is 12.1 Å². The van der Waals surface area contributed by atoms with Gasteiger partial charge in [0.1, 0.15) is 11.6 Å². The van der Waals surface area contributed by atoms with Crippen molar-refractivity contribution >= 4 is 11.7 Å². The number of rotatable bonds is 10. The number of aliphatic hydroxyl groups is 1. The molecule has 0 fully saturated rings. The highest BCUT2D eigenvalue weighted by Crippen LogP contribution is 2.19. The fraction of sp³-hybridized carbons (Fsp3) is 0.381. The van der Waals surface area contributed by atoms with Crippen LogP contribution in [0.5, 0.6) is 0 Å². The number of carbonyl (C=O) groups is 1. The molecule has 0 radical (unpaired) electrons. The van der Waals surface area contributed by atoms with Crippen LogP contribution in [0.3, 0.4) is 0 Å². The third-order valence-electron chi connectivity index (χ3n) is 4.51. The predicted molar refractivity (Wildman–Crippen MR) is 103 cm³/mol. The number of ether oxygens (including phenoxy) is 3. The van der Waals surface area contributed by atoms with Crippen LogP contribution >= 0.6 is 0 Å². The predicted octanol–water partition coefficient (Wildman–Crippen LogP) is 3.24. The largest absolute Gasteiger partial charge is 0.469 e. The van der Waals surface area contributed by atoms with E-state index >= 15 is 0 Å². The fourth-order valence-electron chi connectivity index (χ4n) is 2.81. The molecule has 0 bridgehead atoms. The van der Waals surface area contributed by atoms with E-state index in [1.54, 1.807) is 19.1 Å². The molecule has 2 N–H and O–H groups in total. The first kappa shape index (κ1) is 22.7. The van der Waals surface area contributed by atoms with Gasteiger partial charge in [-0.1, -0.05) is 24.3 Å². The zero-order valence-electron chi connectivity index (χ0n) is 16.5. The molecule has 2 aromatic rings. The highest BCUT2D eigenvalue weighted by Gasteiger charge is 2.26. The van der Waals surface area contributed by atoms with Crippen molar-refractivity contribution in [1.29, 1.82) is 0 Å². The molecule has 0 spiro atoms. The summed E-state index contributed by atoms with van der Waals surface area (Å²) in [5.41, 5.74) is 1.54. The van der Waals surface area contributed by atoms with Crippen molar-refractivity contribution in [1.82, 2.24) is 0 Å². The minimum atomic E-state index is -1.49. The molecular formula is C21H25F2NO5. The van der Waals surface area contributed by atoms with E-state index in [9.17, 15) is 18.7 Å². The second-order valence-corrected chi connectivity index (χ2v) is 6.53. The van der Waals surface area contributed by atoms with E-state index in [0.29, 0.717) is 12.5 Å². The monoisotopic (exact) mass is 409 g/mol. The molecule has 2 rings (SSSR count). The summed E-state index contributed by atoms with van der Waals surface area (Å²) < 4.78 is 42.0. The fourth-order valence-corrected chi connectivity index (χ4v) is 2.81. The molecular weight excluding hydrogens is 384 g/mol. The Morgan fingerprint density at radius 1 is 1.14 bits per heavy atom. The molecule has 0 saturated carbocycles. The Morgan fingerprint density at radius 3 is 2.52 bits per heavy atom. The standard InChI is InChI=1S/C21H25F2NO5/c1-13(27-2)17(20(25)28-3)10-14-5-4-6-15(9-14)12-29-21(26)24-19-8-7-16(22)11-18(19)23/h4-9,11,13,17,21,24,26H,10,12H2,1-3H3/t13-,17?,21?/m1/s1. The zero-order chi connectivity index (χ0) is 21.4. The molecule has 0 amide bonds. The molecule has 0 saturated heterocycles. The van der Waals surface area contributed by atoms with Crippen molar-refractivity contribution in [2.24, 2.45) is 5.92 Å². The summed E-state index contributed by atoms with van der Waals surface area (Å²) in [6.07, 6.45) is -1.40. The summed E-state index contributed by atoms with van der Waals surface area (Å²) >= 11 is 0. The van der Waals surface area contributed by atoms with Crippen LogP contribution in [0.25, 0.3) is 0 Å². The Labute approximate surface area is 168 Å². The molecule has 0 heterocycles. The molecule has 2 aromatic carbocycles. The zero-order valence-corrected chi connectivity index (χ0v) is 16.5. The third kappa shape index (κ3) is 6.77. The number of anilines is 1. The second-order valence-electron chi connectivity index (χ2n) is 6.53. The van der Waals surface area contributed by atoms with E-state index in [2.05, 4.69) is 5.32 Å². The summed E-state index contributed by atoms with van der Waals surface area (Å²) in [7, 11) is 2.86. The van der Waals surface area contributed by atoms with Gasteiger partial charge in [0.15, 0.2) is 0 Å². The van der Waals surface area contributed by atoms with Crippen LogP contribution in [0.2, 0.25) is 0 Å². The van der Waals surface area contributed by atoms with Crippen molar-refractivity contribution in [3.05, 3.63) is 65.2 Å². The molecule has 0 aliphatic rings. The summed E-state index contributed by atoms with van der Waals surface area (Å²) in [6, 6.07) is 10.2. The van der Waals surface area contributed by atoms with Crippen LogP contribution in [0.1, 0.15) is 18.1 Å². The Balaban J connectivity index is 1.97. The molecule has 0 aliphatic heterocycles. The first-order valence-electron chi connectivity index (χ1n) is 9.03. The van der Waals surface area contributed by atoms with Gasteiger partial charge >= 0.3 is 5.97 Å². The van der Waals surface area contributed by atoms with Crippen molar-refractivity contribution in [3.8, 4) is 0 Å². The summed E-state index contributed by atoms with van der Waals surface area (Å²) in [6.45, 7) is 1.83. The normalized spacial score (nSPS) is 14.1. The lowest BCUT2D eigenvalue weighted by atomic mass is 9.94. The van der Waals surface area contributed by atoms with E-state index < -0.39 is 24.0 Å². The number of carbonyl (C=O) groups excluding carboxylic acids is 1. The van der Waals surface area contributed by atoms with Crippen LogP contribution in [0.15, 0.2) is 42.5 Å². The first-order valence-corrected chi connectivity index (χ1v) is 9.03. The molecule has 0 aromatic heterocycles. The number of hydrogen-bond donors (Lipinski definition) is 2. The van der Waals surface area contributed by atoms with Crippen LogP contribution in [0, 0.1) is 17.6 Å². The van der Waals surface area contributed by atoms with Gasteiger partial charge in [0.05, 0.1) is 31.4 Å². The molecule has 0 aliphatic carbocycles. The Hall–Kier alpha value is -2.55. The number of nitrogens with one attached hydrogen (secondary N) is 1. The van der Waals surface area contributed by atoms with Crippen molar-refractivity contribution in [2.45, 2.75) is 32.5 Å². The Morgan fingerprint density at radius 2 is 1.86 bits per heavy atom. The van der Waals surface area contributed by atoms with Gasteiger partial charge in [0.2, 0.25) is 6.41 Å². The van der Waals surface area contributed by atoms with Gasteiger partial charge in [-0.25, -0.2) is 8.78 Å². The van der Waals surface area contributed by atoms with Crippen molar-refractivity contribution < 1.29 is 32.9 Å². The van der Waals surface area contributed by atoms with Crippen LogP contribution in [0.4, 0.5) is 14.5 Å². The SMILES string of the molecule is COC(=O)C(Cc1cccc(COC(O)Nc2ccc(F)cc2F)c1)[C@@H](C)OC. The van der Waals surface area contributed by atoms with Crippen molar-refractivity contribution in [3.63, 3.8) is 0 Å². The van der Waals surface area contributed by atoms with Gasteiger partial charge in [-0.05, 0) is 36.6 Å². The first-order chi connectivity index (χ1) is 13.8. The quantitative estimate of drug-likeness (QED) is 0.464. The van der Waals surface area contributed by atoms with Gasteiger partial charge in [0, 0.05) is 13.2 Å². The maximum Gasteiger partial charge on any atom is 0.311 e. The van der Waals surface area contributed by atoms with Gasteiger partial charge in [-0.3, -0.25) is 4.79 Å². The minimum absolute atomic E-state index is 0.0353. The van der Waals surface area contributed by atoms with Crippen molar-refractivity contribution in [2.75, 3.05) is 19.5 Å². The molecule has 3 atom stereocenters. The number of methoxy groups -OCH3 is 2. The topological polar surface area (TPSA) is 77.0 Å². The van der Waals surface area contributed by atoms with Gasteiger partial charge in [-0.15, -0.1) is 0 Å². The summed E-state index contributed by atoms with van der Waals surface area (Å²) in [5, 5.41) is 12.3. The number of halogens is 2. The lowest BCUT2D eigenvalue weighted by molar-refractivity contribution is -0.149. The average molecular weight is 409 g/mol. The summed E-state index contributed by atoms with van der Waals surface area (Å²) in [4.78, 5) is 12.0. The van der Waals surface area contributed by atoms with Crippen LogP contribution in [-0.2, 0) is 32.0 Å². The second kappa shape index (κ2) is 10.8. The highest BCUT2D eigenvalue weighted by molar-refractivity contribution is 5.73. The van der Waals surface area contributed by atoms with Crippen LogP contribution in [-0.4, -0.2) is 37.8 Å². The van der Waals surface area contributed by atoms with Gasteiger partial charge in [-0.2, -0.15) is 0 Å². The van der Waals surface area contributed by atoms with Gasteiger partial charge in [0.25, 0.3) is 0 Å². The number of aliphatic hydroxyl groups excluding tert-OH is 1. The maximum absolute atomic E-state index is 13.6. The molecule has 158 valence electrons. The number of benzene rings is 2. The van der Waals surface area contributed by atoms with E-state index in [1.165, 1.54) is 20.3 Å². The third-order valence-corrected chi connectivity index (χ3v) is 4.51.